The van der Waals surface area contributed by atoms with Gasteiger partial charge < -0.3 is 15.3 Å². The number of aliphatic hydroxyl groups is 1. The van der Waals surface area contributed by atoms with Crippen LogP contribution < -0.4 is 10.2 Å². The maximum atomic E-state index is 13.3. The summed E-state index contributed by atoms with van der Waals surface area (Å²) in [5, 5.41) is 14.2. The molecule has 0 aromatic carbocycles. The van der Waals surface area contributed by atoms with E-state index in [1.54, 1.807) is 6.20 Å². The molecule has 0 radical (unpaired) electrons. The maximum Gasteiger partial charge on any atom is 0.254 e. The van der Waals surface area contributed by atoms with Gasteiger partial charge in [-0.1, -0.05) is 0 Å². The molecule has 3 unspecified atom stereocenters. The molecule has 6 fully saturated rings. The van der Waals surface area contributed by atoms with E-state index >= 15 is 0 Å². The van der Waals surface area contributed by atoms with E-state index < -0.39 is 16.4 Å². The molecule has 3 atom stereocenters. The first-order chi connectivity index (χ1) is 15.0. The molecule has 4 bridgehead atoms. The highest BCUT2D eigenvalue weighted by Gasteiger charge is 2.55. The van der Waals surface area contributed by atoms with E-state index in [0.717, 1.165) is 69.4 Å². The van der Waals surface area contributed by atoms with Gasteiger partial charge in [-0.15, -0.1) is 0 Å². The van der Waals surface area contributed by atoms with Crippen LogP contribution in [-0.2, 0) is 10.8 Å². The fourth-order valence-electron chi connectivity index (χ4n) is 6.87. The first-order valence-electron chi connectivity index (χ1n) is 12.0. The van der Waals surface area contributed by atoms with Crippen molar-refractivity contribution in [3.05, 3.63) is 17.5 Å². The number of aromatic nitrogens is 2. The quantitative estimate of drug-likeness (QED) is 0.737. The zero-order chi connectivity index (χ0) is 21.2. The summed E-state index contributed by atoms with van der Waals surface area (Å²) in [5.74, 6) is 3.79. The summed E-state index contributed by atoms with van der Waals surface area (Å²) < 4.78 is 11.9. The number of nitrogens with zero attached hydrogens (tertiary/aromatic N) is 3. The van der Waals surface area contributed by atoms with E-state index in [0.29, 0.717) is 47.5 Å². The van der Waals surface area contributed by atoms with Crippen LogP contribution in [-0.4, -0.2) is 61.4 Å². The molecule has 1 aromatic rings. The van der Waals surface area contributed by atoms with E-state index in [1.165, 1.54) is 0 Å². The van der Waals surface area contributed by atoms with Crippen LogP contribution in [0.3, 0.4) is 0 Å². The Morgan fingerprint density at radius 3 is 2.65 bits per heavy atom. The lowest BCUT2D eigenvalue weighted by Gasteiger charge is -2.58. The zero-order valence-corrected chi connectivity index (χ0v) is 18.8. The molecule has 7 rings (SSSR count). The predicted molar refractivity (Wildman–Crippen MR) is 118 cm³/mol. The van der Waals surface area contributed by atoms with Crippen molar-refractivity contribution in [2.24, 2.45) is 17.8 Å². The van der Waals surface area contributed by atoms with Gasteiger partial charge in [0.25, 0.3) is 5.91 Å². The van der Waals surface area contributed by atoms with E-state index in [-0.39, 0.29) is 11.9 Å². The van der Waals surface area contributed by atoms with Crippen molar-refractivity contribution in [3.8, 4) is 0 Å². The van der Waals surface area contributed by atoms with Crippen molar-refractivity contribution >= 4 is 22.7 Å². The largest absolute Gasteiger partial charge is 0.390 e. The molecule has 1 saturated heterocycles. The number of carbonyl (C=O) groups excluding carboxylic acids is 1. The Hall–Kier alpha value is -1.54. The molecule has 2 heterocycles. The number of hydrogen-bond donors (Lipinski definition) is 2. The van der Waals surface area contributed by atoms with Gasteiger partial charge in [-0.25, -0.2) is 9.97 Å². The van der Waals surface area contributed by atoms with E-state index in [1.807, 2.05) is 0 Å². The van der Waals surface area contributed by atoms with Crippen LogP contribution in [0.4, 0.5) is 5.95 Å². The number of hydrogen-bond acceptors (Lipinski definition) is 6. The standard InChI is InChI=1S/C23H32N4O3S/c28-21(25-19-16-8-14-9-17(19)12-23(29,10-14)11-16)18-13-24-22(26-20(18)15-2-3-15)27-4-1-6-31(30)7-5-27/h13-17,19,29H,1-12H2,(H,25,28). The average molecular weight is 445 g/mol. The Kier molecular flexibility index (Phi) is 4.87. The fraction of sp³-hybridized carbons (Fsp3) is 0.783. The minimum atomic E-state index is -0.754. The molecule has 1 amide bonds. The van der Waals surface area contributed by atoms with Gasteiger partial charge in [0.1, 0.15) is 0 Å². The van der Waals surface area contributed by atoms with Gasteiger partial charge in [0.2, 0.25) is 5.95 Å². The van der Waals surface area contributed by atoms with Gasteiger partial charge in [0, 0.05) is 53.6 Å². The van der Waals surface area contributed by atoms with Crippen molar-refractivity contribution in [2.75, 3.05) is 29.5 Å². The van der Waals surface area contributed by atoms with Crippen molar-refractivity contribution < 1.29 is 14.1 Å². The molecule has 8 heteroatoms. The second-order valence-electron chi connectivity index (χ2n) is 10.6. The first-order valence-corrected chi connectivity index (χ1v) is 13.5. The van der Waals surface area contributed by atoms with Crippen LogP contribution in [0.15, 0.2) is 6.20 Å². The Morgan fingerprint density at radius 2 is 1.94 bits per heavy atom. The summed E-state index contributed by atoms with van der Waals surface area (Å²) in [4.78, 5) is 24.9. The van der Waals surface area contributed by atoms with E-state index in [4.69, 9.17) is 4.98 Å². The molecule has 168 valence electrons. The topological polar surface area (TPSA) is 95.4 Å². The molecule has 7 nitrogen and oxygen atoms in total. The summed E-state index contributed by atoms with van der Waals surface area (Å²) in [6, 6.07) is 0.164. The van der Waals surface area contributed by atoms with Crippen molar-refractivity contribution in [1.82, 2.24) is 15.3 Å². The summed E-state index contributed by atoms with van der Waals surface area (Å²) in [7, 11) is -0.754. The minimum Gasteiger partial charge on any atom is -0.390 e. The second kappa shape index (κ2) is 7.51. The van der Waals surface area contributed by atoms with Gasteiger partial charge in [0.05, 0.1) is 16.9 Å². The molecular formula is C23H32N4O3S. The summed E-state index contributed by atoms with van der Waals surface area (Å²) in [5.41, 5.74) is 1.02. The summed E-state index contributed by atoms with van der Waals surface area (Å²) in [6.45, 7) is 1.52. The number of amides is 1. The third-order valence-electron chi connectivity index (χ3n) is 8.22. The van der Waals surface area contributed by atoms with Crippen LogP contribution in [0.2, 0.25) is 0 Å². The molecule has 5 aliphatic carbocycles. The van der Waals surface area contributed by atoms with Crippen LogP contribution in [0.25, 0.3) is 0 Å². The fourth-order valence-corrected chi connectivity index (χ4v) is 7.95. The molecule has 1 aromatic heterocycles. The van der Waals surface area contributed by atoms with E-state index in [2.05, 4.69) is 15.2 Å². The Morgan fingerprint density at radius 1 is 1.16 bits per heavy atom. The number of anilines is 1. The second-order valence-corrected chi connectivity index (χ2v) is 12.3. The number of rotatable bonds is 4. The Labute approximate surface area is 185 Å². The third kappa shape index (κ3) is 3.80. The van der Waals surface area contributed by atoms with Gasteiger partial charge in [-0.05, 0) is 69.1 Å². The predicted octanol–water partition coefficient (Wildman–Crippen LogP) is 1.98. The van der Waals surface area contributed by atoms with E-state index in [9.17, 15) is 14.1 Å². The van der Waals surface area contributed by atoms with Gasteiger partial charge in [-0.2, -0.15) is 0 Å². The lowest BCUT2D eigenvalue weighted by Crippen LogP contribution is -2.61. The first kappa shape index (κ1) is 20.1. The smallest absolute Gasteiger partial charge is 0.254 e. The van der Waals surface area contributed by atoms with Crippen molar-refractivity contribution in [2.45, 2.75) is 68.9 Å². The monoisotopic (exact) mass is 444 g/mol. The molecule has 31 heavy (non-hydrogen) atoms. The molecule has 1 aliphatic heterocycles. The highest BCUT2D eigenvalue weighted by Crippen LogP contribution is 2.55. The zero-order valence-electron chi connectivity index (χ0n) is 18.0. The Balaban J connectivity index is 1.22. The summed E-state index contributed by atoms with van der Waals surface area (Å²) >= 11 is 0. The molecular weight excluding hydrogens is 412 g/mol. The normalized spacial score (nSPS) is 39.4. The third-order valence-corrected chi connectivity index (χ3v) is 9.61. The molecule has 6 aliphatic rings. The van der Waals surface area contributed by atoms with Crippen LogP contribution in [0, 0.1) is 17.8 Å². The van der Waals surface area contributed by atoms with Gasteiger partial charge >= 0.3 is 0 Å². The van der Waals surface area contributed by atoms with Gasteiger partial charge in [0.15, 0.2) is 0 Å². The number of carbonyl (C=O) groups is 1. The SMILES string of the molecule is O=C(NC1C2CC3CC1CC(O)(C3)C2)c1cnc(N2CCCS(=O)CC2)nc1C1CC1. The average Bonchev–Trinajstić information content (AvgIpc) is 3.57. The highest BCUT2D eigenvalue weighted by molar-refractivity contribution is 7.85. The minimum absolute atomic E-state index is 0.0464. The molecule has 2 N–H and O–H groups in total. The van der Waals surface area contributed by atoms with Gasteiger partial charge in [-0.3, -0.25) is 9.00 Å². The Bertz CT molecular complexity index is 904. The molecule has 0 spiro atoms. The van der Waals surface area contributed by atoms with Crippen molar-refractivity contribution in [3.63, 3.8) is 0 Å². The van der Waals surface area contributed by atoms with Crippen LogP contribution in [0.1, 0.15) is 73.3 Å². The molecule has 5 saturated carbocycles. The highest BCUT2D eigenvalue weighted by atomic mass is 32.2. The summed E-state index contributed by atoms with van der Waals surface area (Å²) in [6.07, 6.45) is 9.61. The van der Waals surface area contributed by atoms with Crippen LogP contribution in [0.5, 0.6) is 0 Å². The number of nitrogens with one attached hydrogen (secondary N) is 1. The van der Waals surface area contributed by atoms with Crippen molar-refractivity contribution in [1.29, 1.82) is 0 Å². The lowest BCUT2D eigenvalue weighted by atomic mass is 9.52. The maximum absolute atomic E-state index is 13.3. The lowest BCUT2D eigenvalue weighted by molar-refractivity contribution is -0.136. The van der Waals surface area contributed by atoms with Crippen LogP contribution >= 0.6 is 0 Å².